The standard InChI is InChI=1S/C38H48O8/c1-3-35(39)43-27-11-7-5-9-13-29-15-23-33(24-16-29)45-37(41)31-19-21-32(22-20-31)38(42)46-34-25-17-30(18-26-34)14-10-6-8-12-28-44-36(40)4-2/h3-4,15-18,23-26,31-32H,1-2,5-14,19-22,27-28H2/t31-,32-. The molecule has 3 rings (SSSR count). The number of benzene rings is 2. The van der Waals surface area contributed by atoms with Gasteiger partial charge in [-0.05, 0) is 99.6 Å². The first-order chi connectivity index (χ1) is 22.4. The van der Waals surface area contributed by atoms with Gasteiger partial charge in [0.2, 0.25) is 0 Å². The van der Waals surface area contributed by atoms with Crippen LogP contribution in [0.3, 0.4) is 0 Å². The van der Waals surface area contributed by atoms with E-state index in [0.29, 0.717) is 50.4 Å². The van der Waals surface area contributed by atoms with Gasteiger partial charge in [0.1, 0.15) is 11.5 Å². The molecule has 0 atom stereocenters. The number of carbonyl (C=O) groups is 4. The van der Waals surface area contributed by atoms with Gasteiger partial charge < -0.3 is 18.9 Å². The third kappa shape index (κ3) is 13.8. The molecule has 2 aromatic carbocycles. The minimum absolute atomic E-state index is 0.226. The van der Waals surface area contributed by atoms with Crippen LogP contribution in [0.5, 0.6) is 11.5 Å². The van der Waals surface area contributed by atoms with Crippen molar-refractivity contribution in [3.8, 4) is 11.5 Å². The molecule has 0 aromatic heterocycles. The second-order valence-electron chi connectivity index (χ2n) is 11.8. The lowest BCUT2D eigenvalue weighted by Gasteiger charge is -2.25. The molecule has 0 aliphatic heterocycles. The van der Waals surface area contributed by atoms with E-state index in [4.69, 9.17) is 18.9 Å². The van der Waals surface area contributed by atoms with Gasteiger partial charge in [-0.1, -0.05) is 63.1 Å². The predicted octanol–water partition coefficient (Wildman–Crippen LogP) is 7.67. The fraction of sp³-hybridized carbons (Fsp3) is 0.474. The highest BCUT2D eigenvalue weighted by atomic mass is 16.5. The Morgan fingerprint density at radius 1 is 0.543 bits per heavy atom. The Morgan fingerprint density at radius 2 is 0.891 bits per heavy atom. The maximum Gasteiger partial charge on any atom is 0.330 e. The monoisotopic (exact) mass is 632 g/mol. The lowest BCUT2D eigenvalue weighted by molar-refractivity contribution is -0.145. The topological polar surface area (TPSA) is 105 Å². The Morgan fingerprint density at radius 3 is 1.24 bits per heavy atom. The molecular formula is C38H48O8. The first kappa shape index (κ1) is 36.3. The summed E-state index contributed by atoms with van der Waals surface area (Å²) in [4.78, 5) is 47.6. The van der Waals surface area contributed by atoms with Crippen LogP contribution < -0.4 is 9.47 Å². The summed E-state index contributed by atoms with van der Waals surface area (Å²) in [5, 5.41) is 0. The fourth-order valence-electron chi connectivity index (χ4n) is 5.44. The normalized spacial score (nSPS) is 15.7. The SMILES string of the molecule is C=CC(=O)OCCCCCCc1ccc(OC(=O)[C@H]2CC[C@H](C(=O)Oc3ccc(CCCCCCOC(=O)C=C)cc3)CC2)cc1. The molecule has 0 heterocycles. The zero-order valence-corrected chi connectivity index (χ0v) is 26.9. The van der Waals surface area contributed by atoms with Crippen LogP contribution in [0, 0.1) is 11.8 Å². The average molecular weight is 633 g/mol. The van der Waals surface area contributed by atoms with Crippen molar-refractivity contribution in [2.75, 3.05) is 13.2 Å². The summed E-state index contributed by atoms with van der Waals surface area (Å²) >= 11 is 0. The van der Waals surface area contributed by atoms with Crippen LogP contribution in [0.15, 0.2) is 73.8 Å². The molecule has 0 unspecified atom stereocenters. The van der Waals surface area contributed by atoms with E-state index < -0.39 is 0 Å². The molecule has 2 aromatic rings. The van der Waals surface area contributed by atoms with E-state index >= 15 is 0 Å². The van der Waals surface area contributed by atoms with Gasteiger partial charge in [-0.25, -0.2) is 9.59 Å². The molecule has 8 nitrogen and oxygen atoms in total. The smallest absolute Gasteiger partial charge is 0.330 e. The summed E-state index contributed by atoms with van der Waals surface area (Å²) in [6.07, 6.45) is 14.4. The van der Waals surface area contributed by atoms with Crippen LogP contribution in [0.25, 0.3) is 0 Å². The van der Waals surface area contributed by atoms with Gasteiger partial charge in [-0.3, -0.25) is 9.59 Å². The fourth-order valence-corrected chi connectivity index (χ4v) is 5.44. The summed E-state index contributed by atoms with van der Waals surface area (Å²) in [5.41, 5.74) is 2.37. The van der Waals surface area contributed by atoms with E-state index in [1.807, 2.05) is 48.5 Å². The van der Waals surface area contributed by atoms with E-state index in [9.17, 15) is 19.2 Å². The van der Waals surface area contributed by atoms with Crippen LogP contribution in [0.4, 0.5) is 0 Å². The predicted molar refractivity (Wildman–Crippen MR) is 176 cm³/mol. The van der Waals surface area contributed by atoms with Crippen molar-refractivity contribution in [2.45, 2.75) is 89.9 Å². The number of carbonyl (C=O) groups excluding carboxylic acids is 4. The van der Waals surface area contributed by atoms with Crippen molar-refractivity contribution in [3.05, 3.63) is 85.0 Å². The van der Waals surface area contributed by atoms with E-state index in [-0.39, 0.29) is 35.7 Å². The molecule has 0 bridgehead atoms. The summed E-state index contributed by atoms with van der Waals surface area (Å²) in [7, 11) is 0. The zero-order chi connectivity index (χ0) is 33.0. The molecule has 1 aliphatic rings. The Bertz CT molecular complexity index is 1160. The number of hydrogen-bond acceptors (Lipinski definition) is 8. The van der Waals surface area contributed by atoms with Gasteiger partial charge in [-0.2, -0.15) is 0 Å². The van der Waals surface area contributed by atoms with E-state index in [0.717, 1.165) is 64.2 Å². The van der Waals surface area contributed by atoms with Gasteiger partial charge in [0.25, 0.3) is 0 Å². The van der Waals surface area contributed by atoms with Crippen LogP contribution in [0.2, 0.25) is 0 Å². The summed E-state index contributed by atoms with van der Waals surface area (Å²) < 4.78 is 21.3. The van der Waals surface area contributed by atoms with Crippen molar-refractivity contribution in [2.24, 2.45) is 11.8 Å². The Balaban J connectivity index is 1.27. The molecule has 8 heteroatoms. The van der Waals surface area contributed by atoms with Crippen molar-refractivity contribution < 1.29 is 38.1 Å². The molecule has 0 N–H and O–H groups in total. The van der Waals surface area contributed by atoms with Gasteiger partial charge in [0.15, 0.2) is 0 Å². The minimum Gasteiger partial charge on any atom is -0.463 e. The summed E-state index contributed by atoms with van der Waals surface area (Å²) in [6, 6.07) is 15.3. The number of ether oxygens (including phenoxy) is 4. The quantitative estimate of drug-likeness (QED) is 0.0634. The second-order valence-corrected chi connectivity index (χ2v) is 11.8. The van der Waals surface area contributed by atoms with Gasteiger partial charge in [-0.15, -0.1) is 0 Å². The van der Waals surface area contributed by atoms with E-state index in [1.54, 1.807) is 0 Å². The second kappa shape index (κ2) is 20.8. The molecular weight excluding hydrogens is 584 g/mol. The first-order valence-electron chi connectivity index (χ1n) is 16.6. The van der Waals surface area contributed by atoms with Gasteiger partial charge >= 0.3 is 23.9 Å². The highest BCUT2D eigenvalue weighted by molar-refractivity contribution is 5.81. The molecule has 0 amide bonds. The minimum atomic E-state index is -0.379. The molecule has 0 saturated heterocycles. The largest absolute Gasteiger partial charge is 0.463 e. The van der Waals surface area contributed by atoms with Crippen molar-refractivity contribution in [1.29, 1.82) is 0 Å². The maximum absolute atomic E-state index is 12.8. The number of unbranched alkanes of at least 4 members (excludes halogenated alkanes) is 6. The summed E-state index contributed by atoms with van der Waals surface area (Å²) in [6.45, 7) is 7.61. The number of rotatable bonds is 20. The van der Waals surface area contributed by atoms with Crippen molar-refractivity contribution in [1.82, 2.24) is 0 Å². The van der Waals surface area contributed by atoms with E-state index in [2.05, 4.69) is 13.2 Å². The van der Waals surface area contributed by atoms with Gasteiger partial charge in [0, 0.05) is 12.2 Å². The molecule has 1 saturated carbocycles. The summed E-state index contributed by atoms with van der Waals surface area (Å²) in [5.74, 6) is -0.632. The maximum atomic E-state index is 12.8. The zero-order valence-electron chi connectivity index (χ0n) is 26.9. The molecule has 248 valence electrons. The number of hydrogen-bond donors (Lipinski definition) is 0. The van der Waals surface area contributed by atoms with Crippen LogP contribution in [-0.4, -0.2) is 37.1 Å². The molecule has 46 heavy (non-hydrogen) atoms. The molecule has 1 aliphatic carbocycles. The number of aryl methyl sites for hydroxylation is 2. The van der Waals surface area contributed by atoms with Crippen molar-refractivity contribution in [3.63, 3.8) is 0 Å². The Kier molecular flexibility index (Phi) is 16.4. The van der Waals surface area contributed by atoms with Crippen molar-refractivity contribution >= 4 is 23.9 Å². The van der Waals surface area contributed by atoms with Crippen LogP contribution in [0.1, 0.15) is 88.2 Å². The van der Waals surface area contributed by atoms with Crippen LogP contribution >= 0.6 is 0 Å². The van der Waals surface area contributed by atoms with Crippen LogP contribution in [-0.2, 0) is 41.5 Å². The Labute approximate surface area is 273 Å². The Hall–Kier alpha value is -4.20. The average Bonchev–Trinajstić information content (AvgIpc) is 3.08. The third-order valence-electron chi connectivity index (χ3n) is 8.22. The van der Waals surface area contributed by atoms with Gasteiger partial charge in [0.05, 0.1) is 25.0 Å². The van der Waals surface area contributed by atoms with E-state index in [1.165, 1.54) is 23.3 Å². The molecule has 0 spiro atoms. The lowest BCUT2D eigenvalue weighted by atomic mass is 9.82. The molecule has 1 fully saturated rings. The first-order valence-corrected chi connectivity index (χ1v) is 16.6. The lowest BCUT2D eigenvalue weighted by Crippen LogP contribution is -2.30. The highest BCUT2D eigenvalue weighted by Crippen LogP contribution is 2.31. The third-order valence-corrected chi connectivity index (χ3v) is 8.22. The molecule has 0 radical (unpaired) electrons. The number of esters is 4. The highest BCUT2D eigenvalue weighted by Gasteiger charge is 2.32.